The summed E-state index contributed by atoms with van der Waals surface area (Å²) in [4.78, 5) is 16.5. The number of aromatic nitrogens is 2. The number of hydrogen-bond donors (Lipinski definition) is 1. The van der Waals surface area contributed by atoms with Crippen molar-refractivity contribution in [3.63, 3.8) is 0 Å². The molecule has 3 fully saturated rings. The van der Waals surface area contributed by atoms with Crippen molar-refractivity contribution in [1.82, 2.24) is 10.1 Å². The van der Waals surface area contributed by atoms with Gasteiger partial charge < -0.3 is 14.4 Å². The predicted octanol–water partition coefficient (Wildman–Crippen LogP) is 5.67. The third-order valence-corrected chi connectivity index (χ3v) is 7.71. The minimum absolute atomic E-state index is 0.0328. The van der Waals surface area contributed by atoms with Gasteiger partial charge in [0.05, 0.1) is 11.8 Å². The average molecular weight is 505 g/mol. The molecule has 0 amide bonds. The standard InChI is InChI=1S/C25H20ClF3N2O4/c26-14-2-3-18-15(5-14)16(32)6-20(34-18)17(33)8-23-10-24(11-23,12-23)22-7-19(35-31-22)13-1-4-21(30-9-13)25(27,28)29/h1-5,7,9,16,20,32H,6,8,10-12H2/t16-,20-,23?,24?/m1/s1. The number of aliphatic hydroxyl groups is 1. The highest BCUT2D eigenvalue weighted by atomic mass is 35.5. The molecule has 2 aromatic heterocycles. The zero-order chi connectivity index (χ0) is 24.6. The Morgan fingerprint density at radius 2 is 1.94 bits per heavy atom. The molecule has 3 heterocycles. The highest BCUT2D eigenvalue weighted by Crippen LogP contribution is 2.75. The van der Waals surface area contributed by atoms with Gasteiger partial charge in [0, 0.05) is 46.7 Å². The zero-order valence-electron chi connectivity index (χ0n) is 18.3. The molecule has 3 aliphatic carbocycles. The predicted molar refractivity (Wildman–Crippen MR) is 118 cm³/mol. The number of alkyl halides is 3. The van der Waals surface area contributed by atoms with Crippen molar-refractivity contribution >= 4 is 17.4 Å². The smallest absolute Gasteiger partial charge is 0.433 e. The second-order valence-electron chi connectivity index (χ2n) is 10.0. The summed E-state index contributed by atoms with van der Waals surface area (Å²) in [6.45, 7) is 0. The molecule has 4 aliphatic rings. The maximum atomic E-state index is 13.0. The lowest BCUT2D eigenvalue weighted by Gasteiger charge is -2.70. The van der Waals surface area contributed by atoms with Gasteiger partial charge in [-0.25, -0.2) is 0 Å². The van der Waals surface area contributed by atoms with Gasteiger partial charge in [-0.2, -0.15) is 13.2 Å². The summed E-state index contributed by atoms with van der Waals surface area (Å²) >= 11 is 5.99. The number of ketones is 1. The molecule has 1 aromatic carbocycles. The number of nitrogens with zero attached hydrogens (tertiary/aromatic N) is 2. The summed E-state index contributed by atoms with van der Waals surface area (Å²) in [5, 5.41) is 15.1. The molecule has 0 unspecified atom stereocenters. The molecule has 182 valence electrons. The van der Waals surface area contributed by atoms with Crippen LogP contribution in [0.15, 0.2) is 47.1 Å². The number of rotatable bonds is 5. The number of fused-ring (bicyclic) bond motifs is 1. The van der Waals surface area contributed by atoms with Gasteiger partial charge in [0.2, 0.25) is 0 Å². The number of ether oxygens (including phenoxy) is 1. The van der Waals surface area contributed by atoms with Crippen LogP contribution in [0.4, 0.5) is 13.2 Å². The fourth-order valence-electron chi connectivity index (χ4n) is 5.92. The van der Waals surface area contributed by atoms with E-state index >= 15 is 0 Å². The van der Waals surface area contributed by atoms with Crippen molar-refractivity contribution in [2.45, 2.75) is 55.9 Å². The Morgan fingerprint density at radius 3 is 2.63 bits per heavy atom. The minimum Gasteiger partial charge on any atom is -0.482 e. The van der Waals surface area contributed by atoms with Crippen molar-refractivity contribution in [2.75, 3.05) is 0 Å². The Bertz CT molecular complexity index is 1300. The zero-order valence-corrected chi connectivity index (χ0v) is 19.1. The normalized spacial score (nSPS) is 28.9. The monoisotopic (exact) mass is 504 g/mol. The van der Waals surface area contributed by atoms with Crippen molar-refractivity contribution in [3.05, 3.63) is 64.6 Å². The SMILES string of the molecule is O=C(CC12CC(c3cc(-c4ccc(C(F)(F)F)nc4)on3)(C1)C2)[C@H]1C[C@@H](O)c2cc(Cl)ccc2O1. The number of halogens is 4. The maximum absolute atomic E-state index is 13.0. The van der Waals surface area contributed by atoms with Gasteiger partial charge in [-0.15, -0.1) is 0 Å². The Kier molecular flexibility index (Phi) is 4.86. The first-order valence-corrected chi connectivity index (χ1v) is 11.6. The molecule has 7 rings (SSSR count). The summed E-state index contributed by atoms with van der Waals surface area (Å²) in [6.07, 6.45) is -1.97. The van der Waals surface area contributed by atoms with Gasteiger partial charge in [-0.3, -0.25) is 9.78 Å². The fraction of sp³-hybridized carbons (Fsp3) is 0.400. The van der Waals surface area contributed by atoms with Gasteiger partial charge in [-0.05, 0) is 55.0 Å². The van der Waals surface area contributed by atoms with E-state index in [4.69, 9.17) is 20.9 Å². The first-order valence-electron chi connectivity index (χ1n) is 11.2. The van der Waals surface area contributed by atoms with E-state index in [0.717, 1.165) is 37.2 Å². The number of aliphatic hydroxyl groups excluding tert-OH is 1. The minimum atomic E-state index is -4.50. The summed E-state index contributed by atoms with van der Waals surface area (Å²) in [6, 6.07) is 8.96. The first kappa shape index (κ1) is 22.5. The molecule has 0 saturated heterocycles. The van der Waals surface area contributed by atoms with E-state index in [0.29, 0.717) is 34.1 Å². The Morgan fingerprint density at radius 1 is 1.17 bits per heavy atom. The molecule has 2 bridgehead atoms. The van der Waals surface area contributed by atoms with Crippen molar-refractivity contribution in [2.24, 2.45) is 5.41 Å². The molecular weight excluding hydrogens is 485 g/mol. The summed E-state index contributed by atoms with van der Waals surface area (Å²) in [5.74, 6) is 0.808. The van der Waals surface area contributed by atoms with E-state index < -0.39 is 24.1 Å². The van der Waals surface area contributed by atoms with Crippen LogP contribution in [0.3, 0.4) is 0 Å². The number of Topliss-reactive ketones (excluding diaryl/α,β-unsaturated/α-hetero) is 1. The van der Waals surface area contributed by atoms with E-state index in [2.05, 4.69) is 10.1 Å². The van der Waals surface area contributed by atoms with Crippen molar-refractivity contribution in [1.29, 1.82) is 0 Å². The molecule has 2 atom stereocenters. The third kappa shape index (κ3) is 3.72. The van der Waals surface area contributed by atoms with Crippen LogP contribution in [-0.2, 0) is 16.4 Å². The molecular formula is C25H20ClF3N2O4. The first-order chi connectivity index (χ1) is 16.6. The molecule has 0 spiro atoms. The molecule has 35 heavy (non-hydrogen) atoms. The number of carbonyl (C=O) groups excluding carboxylic acids is 1. The van der Waals surface area contributed by atoms with E-state index in [1.54, 1.807) is 24.3 Å². The van der Waals surface area contributed by atoms with Gasteiger partial charge in [0.15, 0.2) is 17.6 Å². The second-order valence-corrected chi connectivity index (χ2v) is 10.4. The Labute approximate surface area is 203 Å². The van der Waals surface area contributed by atoms with E-state index in [1.165, 1.54) is 6.07 Å². The molecule has 3 saturated carbocycles. The van der Waals surface area contributed by atoms with E-state index in [9.17, 15) is 23.1 Å². The molecule has 1 N–H and O–H groups in total. The lowest BCUT2D eigenvalue weighted by molar-refractivity contribution is -0.165. The van der Waals surface area contributed by atoms with Crippen LogP contribution < -0.4 is 4.74 Å². The van der Waals surface area contributed by atoms with Gasteiger partial charge in [0.1, 0.15) is 11.4 Å². The number of benzene rings is 1. The fourth-order valence-corrected chi connectivity index (χ4v) is 6.11. The highest BCUT2D eigenvalue weighted by Gasteiger charge is 2.70. The number of pyridine rings is 1. The summed E-state index contributed by atoms with van der Waals surface area (Å²) in [7, 11) is 0. The Hall–Kier alpha value is -2.91. The molecule has 6 nitrogen and oxygen atoms in total. The van der Waals surface area contributed by atoms with Gasteiger partial charge >= 0.3 is 6.18 Å². The van der Waals surface area contributed by atoms with Gasteiger partial charge in [0.25, 0.3) is 0 Å². The molecule has 3 aromatic rings. The second kappa shape index (κ2) is 7.54. The largest absolute Gasteiger partial charge is 0.482 e. The van der Waals surface area contributed by atoms with Crippen LogP contribution in [-0.4, -0.2) is 27.1 Å². The van der Waals surface area contributed by atoms with Crippen LogP contribution in [0.1, 0.15) is 55.2 Å². The summed E-state index contributed by atoms with van der Waals surface area (Å²) < 4.78 is 49.5. The number of hydrogen-bond acceptors (Lipinski definition) is 6. The quantitative estimate of drug-likeness (QED) is 0.481. The lowest BCUT2D eigenvalue weighted by atomic mass is 9.33. The van der Waals surface area contributed by atoms with E-state index in [1.807, 2.05) is 0 Å². The van der Waals surface area contributed by atoms with Crippen molar-refractivity contribution in [3.8, 4) is 17.1 Å². The third-order valence-electron chi connectivity index (χ3n) is 7.48. The maximum Gasteiger partial charge on any atom is 0.433 e. The van der Waals surface area contributed by atoms with Crippen LogP contribution in [0.2, 0.25) is 5.02 Å². The highest BCUT2D eigenvalue weighted by molar-refractivity contribution is 6.30. The Balaban J connectivity index is 1.09. The van der Waals surface area contributed by atoms with Crippen molar-refractivity contribution < 1.29 is 32.3 Å². The molecule has 0 radical (unpaired) electrons. The molecule has 10 heteroatoms. The average Bonchev–Trinajstić information content (AvgIpc) is 3.25. The van der Waals surface area contributed by atoms with Crippen LogP contribution in [0, 0.1) is 5.41 Å². The topological polar surface area (TPSA) is 85.5 Å². The summed E-state index contributed by atoms with van der Waals surface area (Å²) in [5.41, 5.74) is 0.516. The van der Waals surface area contributed by atoms with Crippen LogP contribution >= 0.6 is 11.6 Å². The van der Waals surface area contributed by atoms with Crippen LogP contribution in [0.5, 0.6) is 5.75 Å². The van der Waals surface area contributed by atoms with Crippen LogP contribution in [0.25, 0.3) is 11.3 Å². The van der Waals surface area contributed by atoms with Gasteiger partial charge in [-0.1, -0.05) is 16.8 Å². The lowest BCUT2D eigenvalue weighted by Crippen LogP contribution is -2.65. The van der Waals surface area contributed by atoms with E-state index in [-0.39, 0.29) is 23.0 Å². The number of carbonyl (C=O) groups is 1. The molecule has 1 aliphatic heterocycles.